The molecule has 2 heterocycles. The zero-order valence-corrected chi connectivity index (χ0v) is 13.7. The molecule has 0 spiro atoms. The Balaban J connectivity index is 1.75. The van der Waals surface area contributed by atoms with Crippen molar-refractivity contribution >= 4 is 23.2 Å². The van der Waals surface area contributed by atoms with E-state index in [2.05, 4.69) is 20.2 Å². The molecule has 0 aliphatic carbocycles. The molecule has 1 saturated heterocycles. The lowest BCUT2D eigenvalue weighted by Gasteiger charge is -2.27. The maximum Gasteiger partial charge on any atom is 0.274 e. The van der Waals surface area contributed by atoms with Gasteiger partial charge in [0, 0.05) is 30.4 Å². The Bertz CT molecular complexity index is 754. The fourth-order valence-corrected chi connectivity index (χ4v) is 2.78. The number of Topliss-reactive ketones (excluding diaryl/α,β-unsaturated/α-hetero) is 1. The zero-order chi connectivity index (χ0) is 16.9. The highest BCUT2D eigenvalue weighted by Crippen LogP contribution is 2.18. The largest absolute Gasteiger partial charge is 0.357 e. The van der Waals surface area contributed by atoms with Gasteiger partial charge in [0.25, 0.3) is 5.91 Å². The first-order chi connectivity index (χ1) is 11.6. The number of carbonyl (C=O) groups excluding carboxylic acids is 2. The molecule has 0 unspecified atom stereocenters. The van der Waals surface area contributed by atoms with Crippen molar-refractivity contribution in [2.45, 2.75) is 26.2 Å². The predicted octanol–water partition coefficient (Wildman–Crippen LogP) is 2.92. The molecule has 0 bridgehead atoms. The number of benzene rings is 1. The minimum Gasteiger partial charge on any atom is -0.357 e. The first-order valence-corrected chi connectivity index (χ1v) is 8.13. The quantitative estimate of drug-likeness (QED) is 0.875. The molecule has 6 heteroatoms. The van der Waals surface area contributed by atoms with Crippen LogP contribution in [0.3, 0.4) is 0 Å². The average molecular weight is 324 g/mol. The van der Waals surface area contributed by atoms with Crippen molar-refractivity contribution in [2.75, 3.05) is 23.3 Å². The van der Waals surface area contributed by atoms with Gasteiger partial charge in [0.05, 0.1) is 0 Å². The van der Waals surface area contributed by atoms with Crippen LogP contribution >= 0.6 is 0 Å². The van der Waals surface area contributed by atoms with Crippen LogP contribution < -0.4 is 10.2 Å². The van der Waals surface area contributed by atoms with E-state index in [4.69, 9.17) is 0 Å². The average Bonchev–Trinajstić information content (AvgIpc) is 2.63. The van der Waals surface area contributed by atoms with Crippen LogP contribution in [0.15, 0.2) is 36.7 Å². The predicted molar refractivity (Wildman–Crippen MR) is 92.5 cm³/mol. The van der Waals surface area contributed by atoms with Crippen molar-refractivity contribution in [1.82, 2.24) is 9.97 Å². The van der Waals surface area contributed by atoms with E-state index >= 15 is 0 Å². The Hall–Kier alpha value is -2.76. The van der Waals surface area contributed by atoms with Gasteiger partial charge < -0.3 is 10.2 Å². The lowest BCUT2D eigenvalue weighted by Crippen LogP contribution is -2.30. The summed E-state index contributed by atoms with van der Waals surface area (Å²) >= 11 is 0. The number of nitrogens with one attached hydrogen (secondary N) is 1. The fraction of sp³-hybridized carbons (Fsp3) is 0.333. The first-order valence-electron chi connectivity index (χ1n) is 8.13. The summed E-state index contributed by atoms with van der Waals surface area (Å²) in [6.07, 6.45) is 4.94. The molecule has 2 aromatic rings. The highest BCUT2D eigenvalue weighted by atomic mass is 16.2. The molecule has 1 amide bonds. The van der Waals surface area contributed by atoms with Crippen LogP contribution in [-0.4, -0.2) is 34.7 Å². The van der Waals surface area contributed by atoms with Crippen LogP contribution in [0, 0.1) is 0 Å². The molecule has 1 aliphatic heterocycles. The molecule has 124 valence electrons. The molecule has 0 saturated carbocycles. The van der Waals surface area contributed by atoms with Gasteiger partial charge in [0.15, 0.2) is 5.78 Å². The number of anilines is 2. The number of nitrogens with zero attached hydrogens (tertiary/aromatic N) is 3. The number of rotatable bonds is 4. The molecule has 1 aliphatic rings. The fourth-order valence-electron chi connectivity index (χ4n) is 2.78. The van der Waals surface area contributed by atoms with Gasteiger partial charge in [-0.25, -0.2) is 9.97 Å². The lowest BCUT2D eigenvalue weighted by molar-refractivity contribution is 0.100. The number of piperidine rings is 1. The molecule has 1 aromatic heterocycles. The first kappa shape index (κ1) is 16.1. The van der Waals surface area contributed by atoms with Gasteiger partial charge in [0.2, 0.25) is 0 Å². The maximum absolute atomic E-state index is 12.4. The summed E-state index contributed by atoms with van der Waals surface area (Å²) < 4.78 is 0. The van der Waals surface area contributed by atoms with Crippen molar-refractivity contribution in [1.29, 1.82) is 0 Å². The topological polar surface area (TPSA) is 75.2 Å². The van der Waals surface area contributed by atoms with E-state index in [-0.39, 0.29) is 11.7 Å². The van der Waals surface area contributed by atoms with Crippen LogP contribution in [0.5, 0.6) is 0 Å². The van der Waals surface area contributed by atoms with E-state index in [1.165, 1.54) is 19.7 Å². The van der Waals surface area contributed by atoms with Crippen LogP contribution in [-0.2, 0) is 0 Å². The molecule has 0 atom stereocenters. The van der Waals surface area contributed by atoms with Crippen LogP contribution in [0.1, 0.15) is 47.0 Å². The minimum atomic E-state index is -0.309. The van der Waals surface area contributed by atoms with Gasteiger partial charge >= 0.3 is 0 Å². The van der Waals surface area contributed by atoms with Crippen molar-refractivity contribution in [3.63, 3.8) is 0 Å². The number of hydrogen-bond donors (Lipinski definition) is 1. The van der Waals surface area contributed by atoms with Gasteiger partial charge in [-0.05, 0) is 38.3 Å². The van der Waals surface area contributed by atoms with Crippen molar-refractivity contribution < 1.29 is 9.59 Å². The number of aromatic nitrogens is 2. The Morgan fingerprint density at radius 1 is 1.08 bits per heavy atom. The normalized spacial score (nSPS) is 14.3. The summed E-state index contributed by atoms with van der Waals surface area (Å²) in [6, 6.07) is 8.59. The summed E-state index contributed by atoms with van der Waals surface area (Å²) in [5.41, 5.74) is 1.45. The molecular weight excluding hydrogens is 304 g/mol. The van der Waals surface area contributed by atoms with Gasteiger partial charge in [-0.1, -0.05) is 12.1 Å². The molecule has 3 rings (SSSR count). The Labute approximate surface area is 140 Å². The van der Waals surface area contributed by atoms with Crippen LogP contribution in [0.25, 0.3) is 0 Å². The number of ketones is 1. The number of amides is 1. The van der Waals surface area contributed by atoms with Gasteiger partial charge in [-0.15, -0.1) is 0 Å². The second-order valence-electron chi connectivity index (χ2n) is 5.90. The lowest BCUT2D eigenvalue weighted by atomic mass is 10.1. The standard InChI is InChI=1S/C18H20N4O2/c1-13(23)14-6-5-7-15(10-14)21-18(24)16-11-17(20-12-19-16)22-8-3-2-4-9-22/h5-7,10-12H,2-4,8-9H2,1H3,(H,21,24). The third-order valence-electron chi connectivity index (χ3n) is 4.09. The highest BCUT2D eigenvalue weighted by Gasteiger charge is 2.15. The van der Waals surface area contributed by atoms with E-state index in [0.717, 1.165) is 31.7 Å². The smallest absolute Gasteiger partial charge is 0.274 e. The zero-order valence-electron chi connectivity index (χ0n) is 13.7. The number of hydrogen-bond acceptors (Lipinski definition) is 5. The molecule has 24 heavy (non-hydrogen) atoms. The molecule has 1 N–H and O–H groups in total. The molecular formula is C18H20N4O2. The third kappa shape index (κ3) is 3.76. The number of carbonyl (C=O) groups is 2. The van der Waals surface area contributed by atoms with Gasteiger partial charge in [0.1, 0.15) is 17.8 Å². The third-order valence-corrected chi connectivity index (χ3v) is 4.09. The van der Waals surface area contributed by atoms with E-state index in [9.17, 15) is 9.59 Å². The SMILES string of the molecule is CC(=O)c1cccc(NC(=O)c2cc(N3CCCCC3)ncn2)c1. The maximum atomic E-state index is 12.4. The Kier molecular flexibility index (Phi) is 4.84. The highest BCUT2D eigenvalue weighted by molar-refractivity contribution is 6.04. The van der Waals surface area contributed by atoms with E-state index in [1.54, 1.807) is 30.3 Å². The second kappa shape index (κ2) is 7.21. The second-order valence-corrected chi connectivity index (χ2v) is 5.90. The molecule has 6 nitrogen and oxygen atoms in total. The molecule has 1 aromatic carbocycles. The molecule has 1 fully saturated rings. The van der Waals surface area contributed by atoms with E-state index in [0.29, 0.717) is 16.9 Å². The van der Waals surface area contributed by atoms with E-state index < -0.39 is 0 Å². The van der Waals surface area contributed by atoms with Crippen molar-refractivity contribution in [3.05, 3.63) is 47.9 Å². The van der Waals surface area contributed by atoms with Crippen LogP contribution in [0.4, 0.5) is 11.5 Å². The Morgan fingerprint density at radius 2 is 1.88 bits per heavy atom. The summed E-state index contributed by atoms with van der Waals surface area (Å²) in [6.45, 7) is 3.41. The summed E-state index contributed by atoms with van der Waals surface area (Å²) in [5, 5.41) is 2.78. The molecule has 0 radical (unpaired) electrons. The summed E-state index contributed by atoms with van der Waals surface area (Å²) in [4.78, 5) is 34.4. The summed E-state index contributed by atoms with van der Waals surface area (Å²) in [5.74, 6) is 0.434. The summed E-state index contributed by atoms with van der Waals surface area (Å²) in [7, 11) is 0. The Morgan fingerprint density at radius 3 is 2.62 bits per heavy atom. The van der Waals surface area contributed by atoms with Crippen LogP contribution in [0.2, 0.25) is 0 Å². The monoisotopic (exact) mass is 324 g/mol. The minimum absolute atomic E-state index is 0.0412. The van der Waals surface area contributed by atoms with Gasteiger partial charge in [-0.2, -0.15) is 0 Å². The van der Waals surface area contributed by atoms with Gasteiger partial charge in [-0.3, -0.25) is 9.59 Å². The van der Waals surface area contributed by atoms with E-state index in [1.807, 2.05) is 0 Å². The van der Waals surface area contributed by atoms with Crippen molar-refractivity contribution in [2.24, 2.45) is 0 Å². The van der Waals surface area contributed by atoms with Crippen molar-refractivity contribution in [3.8, 4) is 0 Å².